The Morgan fingerprint density at radius 2 is 1.91 bits per heavy atom. The summed E-state index contributed by atoms with van der Waals surface area (Å²) in [6, 6.07) is 13.1. The van der Waals surface area contributed by atoms with Crippen molar-refractivity contribution in [1.29, 1.82) is 0 Å². The van der Waals surface area contributed by atoms with Crippen LogP contribution < -0.4 is 4.90 Å². The van der Waals surface area contributed by atoms with E-state index in [4.69, 9.17) is 0 Å². The molecular weight excluding hydrogens is 354 g/mol. The minimum absolute atomic E-state index is 0.0516. The van der Waals surface area contributed by atoms with Gasteiger partial charge in [0, 0.05) is 22.3 Å². The fourth-order valence-corrected chi connectivity index (χ4v) is 3.57. The molecule has 0 aromatic heterocycles. The Bertz CT molecular complexity index is 729. The van der Waals surface area contributed by atoms with Crippen LogP contribution in [0.2, 0.25) is 0 Å². The first-order valence-electron chi connectivity index (χ1n) is 8.02. The third-order valence-corrected chi connectivity index (χ3v) is 4.83. The van der Waals surface area contributed by atoms with Crippen LogP contribution in [0.1, 0.15) is 43.2 Å². The fourth-order valence-electron chi connectivity index (χ4n) is 3.19. The maximum atomic E-state index is 13.0. The zero-order chi connectivity index (χ0) is 16.4. The lowest BCUT2D eigenvalue weighted by molar-refractivity contribution is -0.118. The van der Waals surface area contributed by atoms with Crippen LogP contribution in [0, 0.1) is 0 Å². The van der Waals surface area contributed by atoms with Gasteiger partial charge < -0.3 is 10.0 Å². The Kier molecular flexibility index (Phi) is 4.71. The highest BCUT2D eigenvalue weighted by Crippen LogP contribution is 2.44. The lowest BCUT2D eigenvalue weighted by atomic mass is 9.92. The molecule has 120 valence electrons. The molecule has 1 amide bonds. The van der Waals surface area contributed by atoms with E-state index >= 15 is 0 Å². The number of fused-ring (bicyclic) bond motifs is 1. The standard InChI is InChI=1S/C19H20BrNO2/c1-2-3-6-11-21-16-8-5-4-7-14(16)18(19(21)23)15-12-13(20)9-10-17(15)22/h4-5,7-10,12,18,22H,2-3,6,11H2,1H3. The molecule has 0 saturated heterocycles. The smallest absolute Gasteiger partial charge is 0.239 e. The molecule has 1 unspecified atom stereocenters. The zero-order valence-corrected chi connectivity index (χ0v) is 14.7. The second-order valence-electron chi connectivity index (χ2n) is 5.89. The minimum Gasteiger partial charge on any atom is -0.508 e. The summed E-state index contributed by atoms with van der Waals surface area (Å²) in [5.41, 5.74) is 2.61. The zero-order valence-electron chi connectivity index (χ0n) is 13.1. The van der Waals surface area contributed by atoms with Crippen molar-refractivity contribution < 1.29 is 9.90 Å². The Hall–Kier alpha value is -1.81. The van der Waals surface area contributed by atoms with Gasteiger partial charge in [0.1, 0.15) is 5.75 Å². The molecule has 3 nitrogen and oxygen atoms in total. The Balaban J connectivity index is 2.01. The highest BCUT2D eigenvalue weighted by atomic mass is 79.9. The second-order valence-corrected chi connectivity index (χ2v) is 6.81. The molecule has 0 spiro atoms. The van der Waals surface area contributed by atoms with Gasteiger partial charge in [0.25, 0.3) is 0 Å². The first-order chi connectivity index (χ1) is 11.1. The molecule has 0 bridgehead atoms. The third-order valence-electron chi connectivity index (χ3n) is 4.34. The largest absolute Gasteiger partial charge is 0.508 e. The van der Waals surface area contributed by atoms with E-state index in [-0.39, 0.29) is 11.7 Å². The van der Waals surface area contributed by atoms with Crippen LogP contribution in [-0.4, -0.2) is 17.6 Å². The van der Waals surface area contributed by atoms with Crippen molar-refractivity contribution in [3.63, 3.8) is 0 Å². The average Bonchev–Trinajstić information content (AvgIpc) is 2.82. The number of carbonyl (C=O) groups is 1. The number of phenolic OH excluding ortho intramolecular Hbond substituents is 1. The highest BCUT2D eigenvalue weighted by Gasteiger charge is 2.38. The highest BCUT2D eigenvalue weighted by molar-refractivity contribution is 9.10. The molecule has 0 radical (unpaired) electrons. The summed E-state index contributed by atoms with van der Waals surface area (Å²) in [4.78, 5) is 14.9. The first-order valence-corrected chi connectivity index (χ1v) is 8.81. The van der Waals surface area contributed by atoms with Gasteiger partial charge in [-0.05, 0) is 36.2 Å². The molecule has 23 heavy (non-hydrogen) atoms. The number of hydrogen-bond acceptors (Lipinski definition) is 2. The van der Waals surface area contributed by atoms with E-state index in [1.165, 1.54) is 0 Å². The molecular formula is C19H20BrNO2. The summed E-state index contributed by atoms with van der Waals surface area (Å²) in [6.45, 7) is 2.89. The molecule has 1 atom stereocenters. The average molecular weight is 374 g/mol. The van der Waals surface area contributed by atoms with E-state index in [1.807, 2.05) is 35.2 Å². The fraction of sp³-hybridized carbons (Fsp3) is 0.316. The number of halogens is 1. The summed E-state index contributed by atoms with van der Waals surface area (Å²) in [6.07, 6.45) is 3.23. The molecule has 0 aliphatic carbocycles. The van der Waals surface area contributed by atoms with E-state index in [1.54, 1.807) is 12.1 Å². The quantitative estimate of drug-likeness (QED) is 0.762. The van der Waals surface area contributed by atoms with Crippen LogP contribution in [0.3, 0.4) is 0 Å². The van der Waals surface area contributed by atoms with Crippen molar-refractivity contribution in [2.45, 2.75) is 32.1 Å². The summed E-state index contributed by atoms with van der Waals surface area (Å²) >= 11 is 3.43. The maximum Gasteiger partial charge on any atom is 0.239 e. The number of rotatable bonds is 5. The van der Waals surface area contributed by atoms with E-state index in [2.05, 4.69) is 22.9 Å². The maximum absolute atomic E-state index is 13.0. The molecule has 3 rings (SSSR count). The van der Waals surface area contributed by atoms with Gasteiger partial charge in [-0.3, -0.25) is 4.79 Å². The van der Waals surface area contributed by atoms with Gasteiger partial charge in [-0.15, -0.1) is 0 Å². The predicted octanol–water partition coefficient (Wildman–Crippen LogP) is 4.82. The number of aromatic hydroxyl groups is 1. The van der Waals surface area contributed by atoms with Crippen molar-refractivity contribution in [3.8, 4) is 5.75 Å². The van der Waals surface area contributed by atoms with Crippen LogP contribution in [0.5, 0.6) is 5.75 Å². The van der Waals surface area contributed by atoms with Crippen LogP contribution >= 0.6 is 15.9 Å². The van der Waals surface area contributed by atoms with Crippen LogP contribution in [0.15, 0.2) is 46.9 Å². The number of unbranched alkanes of at least 4 members (excludes halogenated alkanes) is 2. The van der Waals surface area contributed by atoms with E-state index in [0.717, 1.165) is 41.5 Å². The number of amides is 1. The normalized spacial score (nSPS) is 16.7. The number of nitrogens with zero attached hydrogens (tertiary/aromatic N) is 1. The molecule has 2 aromatic rings. The van der Waals surface area contributed by atoms with Gasteiger partial charge in [-0.1, -0.05) is 53.9 Å². The Morgan fingerprint density at radius 1 is 1.13 bits per heavy atom. The van der Waals surface area contributed by atoms with Gasteiger partial charge in [0.15, 0.2) is 0 Å². The second kappa shape index (κ2) is 6.75. The molecule has 1 heterocycles. The first kappa shape index (κ1) is 16.1. The van der Waals surface area contributed by atoms with Crippen molar-refractivity contribution in [1.82, 2.24) is 0 Å². The SMILES string of the molecule is CCCCCN1C(=O)C(c2cc(Br)ccc2O)c2ccccc21. The van der Waals surface area contributed by atoms with Crippen LogP contribution in [0.4, 0.5) is 5.69 Å². The molecule has 4 heteroatoms. The molecule has 2 aromatic carbocycles. The van der Waals surface area contributed by atoms with Crippen molar-refractivity contribution in [2.24, 2.45) is 0 Å². The number of para-hydroxylation sites is 1. The van der Waals surface area contributed by atoms with Gasteiger partial charge in [0.2, 0.25) is 5.91 Å². The molecule has 1 aliphatic heterocycles. The topological polar surface area (TPSA) is 40.5 Å². The summed E-state index contributed by atoms with van der Waals surface area (Å²) in [7, 11) is 0. The summed E-state index contributed by atoms with van der Waals surface area (Å²) in [5, 5.41) is 10.2. The number of phenols is 1. The number of benzene rings is 2. The van der Waals surface area contributed by atoms with Gasteiger partial charge in [-0.25, -0.2) is 0 Å². The van der Waals surface area contributed by atoms with E-state index < -0.39 is 5.92 Å². The Labute approximate surface area is 145 Å². The van der Waals surface area contributed by atoms with E-state index in [9.17, 15) is 9.90 Å². The van der Waals surface area contributed by atoms with Crippen LogP contribution in [-0.2, 0) is 4.79 Å². The Morgan fingerprint density at radius 3 is 2.70 bits per heavy atom. The third kappa shape index (κ3) is 3.00. The van der Waals surface area contributed by atoms with E-state index in [0.29, 0.717) is 5.56 Å². The van der Waals surface area contributed by atoms with Gasteiger partial charge >= 0.3 is 0 Å². The number of carbonyl (C=O) groups excluding carboxylic acids is 1. The molecule has 0 saturated carbocycles. The number of anilines is 1. The number of hydrogen-bond donors (Lipinski definition) is 1. The lowest BCUT2D eigenvalue weighted by Gasteiger charge is -2.18. The monoisotopic (exact) mass is 373 g/mol. The predicted molar refractivity (Wildman–Crippen MR) is 96.0 cm³/mol. The van der Waals surface area contributed by atoms with Crippen LogP contribution in [0.25, 0.3) is 0 Å². The van der Waals surface area contributed by atoms with Gasteiger partial charge in [0.05, 0.1) is 5.92 Å². The van der Waals surface area contributed by atoms with Crippen molar-refractivity contribution in [3.05, 3.63) is 58.1 Å². The summed E-state index contributed by atoms with van der Waals surface area (Å²) < 4.78 is 0.861. The molecule has 1 N–H and O–H groups in total. The molecule has 0 fully saturated rings. The van der Waals surface area contributed by atoms with Crippen molar-refractivity contribution in [2.75, 3.05) is 11.4 Å². The van der Waals surface area contributed by atoms with Crippen molar-refractivity contribution >= 4 is 27.5 Å². The lowest BCUT2D eigenvalue weighted by Crippen LogP contribution is -2.30. The van der Waals surface area contributed by atoms with Gasteiger partial charge in [-0.2, -0.15) is 0 Å². The minimum atomic E-state index is -0.426. The molecule has 1 aliphatic rings. The summed E-state index contributed by atoms with van der Waals surface area (Å²) in [5.74, 6) is -0.210.